The minimum Gasteiger partial charge on any atom is -0.392 e. The van der Waals surface area contributed by atoms with Crippen LogP contribution in [0.25, 0.3) is 0 Å². The summed E-state index contributed by atoms with van der Waals surface area (Å²) in [5.74, 6) is -0.0890. The third-order valence-corrected chi connectivity index (χ3v) is 3.34. The highest BCUT2D eigenvalue weighted by atomic mass is 35.5. The Kier molecular flexibility index (Phi) is 5.37. The zero-order valence-electron chi connectivity index (χ0n) is 10.2. The molecule has 1 aromatic rings. The second-order valence-corrected chi connectivity index (χ2v) is 5.07. The van der Waals surface area contributed by atoms with Gasteiger partial charge < -0.3 is 10.8 Å². The molecule has 0 amide bonds. The molecule has 1 rings (SSSR count). The Morgan fingerprint density at radius 3 is 2.53 bits per heavy atom. The molecule has 0 aromatic heterocycles. The molecule has 3 N–H and O–H groups in total. The summed E-state index contributed by atoms with van der Waals surface area (Å²) in [6.45, 7) is 4.49. The first kappa shape index (κ1) is 14.4. The number of rotatable bonds is 5. The van der Waals surface area contributed by atoms with Gasteiger partial charge in [-0.3, -0.25) is 0 Å². The molecular weight excluding hydrogens is 241 g/mol. The normalized spacial score (nSPS) is 15.0. The van der Waals surface area contributed by atoms with E-state index in [-0.39, 0.29) is 10.9 Å². The highest BCUT2D eigenvalue weighted by Gasteiger charge is 2.21. The van der Waals surface area contributed by atoms with Crippen molar-refractivity contribution in [3.8, 4) is 0 Å². The Bertz CT molecular complexity index is 370. The molecule has 0 radical (unpaired) electrons. The Balaban J connectivity index is 2.73. The van der Waals surface area contributed by atoms with Gasteiger partial charge in [-0.2, -0.15) is 0 Å². The van der Waals surface area contributed by atoms with Crippen molar-refractivity contribution in [1.29, 1.82) is 0 Å². The topological polar surface area (TPSA) is 46.2 Å². The molecule has 1 aromatic carbocycles. The number of aliphatic hydroxyl groups excluding tert-OH is 1. The maximum atomic E-state index is 13.0. The van der Waals surface area contributed by atoms with Crippen molar-refractivity contribution < 1.29 is 9.50 Å². The van der Waals surface area contributed by atoms with Crippen LogP contribution in [-0.4, -0.2) is 17.8 Å². The van der Waals surface area contributed by atoms with Crippen LogP contribution in [0.4, 0.5) is 4.39 Å². The average molecular weight is 260 g/mol. The van der Waals surface area contributed by atoms with E-state index in [1.54, 1.807) is 12.1 Å². The molecule has 0 aliphatic heterocycles. The summed E-state index contributed by atoms with van der Waals surface area (Å²) in [7, 11) is 0. The van der Waals surface area contributed by atoms with E-state index >= 15 is 0 Å². The van der Waals surface area contributed by atoms with Crippen molar-refractivity contribution >= 4 is 11.6 Å². The van der Waals surface area contributed by atoms with Crippen molar-refractivity contribution in [2.45, 2.75) is 26.4 Å². The standard InChI is InChI=1S/C13H19ClFNO/c1-8(2)10(7-16)13(17)6-9-3-4-12(15)11(14)5-9/h3-5,8,10,13,17H,6-7,16H2,1-2H3. The molecule has 0 fully saturated rings. The smallest absolute Gasteiger partial charge is 0.141 e. The van der Waals surface area contributed by atoms with Gasteiger partial charge in [0.25, 0.3) is 0 Å². The van der Waals surface area contributed by atoms with E-state index in [4.69, 9.17) is 17.3 Å². The summed E-state index contributed by atoms with van der Waals surface area (Å²) in [6, 6.07) is 4.50. The van der Waals surface area contributed by atoms with Gasteiger partial charge in [-0.1, -0.05) is 31.5 Å². The molecule has 96 valence electrons. The molecule has 2 atom stereocenters. The van der Waals surface area contributed by atoms with Crippen LogP contribution in [0.2, 0.25) is 5.02 Å². The SMILES string of the molecule is CC(C)C(CN)C(O)Cc1ccc(F)c(Cl)c1. The van der Waals surface area contributed by atoms with E-state index in [1.807, 2.05) is 13.8 Å². The molecule has 2 nitrogen and oxygen atoms in total. The highest BCUT2D eigenvalue weighted by molar-refractivity contribution is 6.30. The lowest BCUT2D eigenvalue weighted by Crippen LogP contribution is -2.33. The molecular formula is C13H19ClFNO. The van der Waals surface area contributed by atoms with E-state index in [1.165, 1.54) is 6.07 Å². The second-order valence-electron chi connectivity index (χ2n) is 4.66. The largest absolute Gasteiger partial charge is 0.392 e. The van der Waals surface area contributed by atoms with Gasteiger partial charge in [0.05, 0.1) is 11.1 Å². The molecule has 0 aliphatic rings. The molecule has 0 saturated carbocycles. The Hall–Kier alpha value is -0.640. The molecule has 4 heteroatoms. The monoisotopic (exact) mass is 259 g/mol. The fraction of sp³-hybridized carbons (Fsp3) is 0.538. The predicted molar refractivity (Wildman–Crippen MR) is 68.5 cm³/mol. The van der Waals surface area contributed by atoms with Crippen LogP contribution in [0.5, 0.6) is 0 Å². The molecule has 0 spiro atoms. The Morgan fingerprint density at radius 2 is 2.06 bits per heavy atom. The van der Waals surface area contributed by atoms with Gasteiger partial charge in [-0.15, -0.1) is 0 Å². The third kappa shape index (κ3) is 3.95. The quantitative estimate of drug-likeness (QED) is 0.854. The van der Waals surface area contributed by atoms with E-state index in [9.17, 15) is 9.50 Å². The lowest BCUT2D eigenvalue weighted by atomic mass is 9.87. The number of hydrogen-bond donors (Lipinski definition) is 2. The van der Waals surface area contributed by atoms with Crippen LogP contribution in [0, 0.1) is 17.7 Å². The van der Waals surface area contributed by atoms with Crippen molar-refractivity contribution in [1.82, 2.24) is 0 Å². The maximum absolute atomic E-state index is 13.0. The van der Waals surface area contributed by atoms with Crippen LogP contribution in [-0.2, 0) is 6.42 Å². The Labute approximate surface area is 107 Å². The fourth-order valence-electron chi connectivity index (χ4n) is 1.93. The van der Waals surface area contributed by atoms with Crippen LogP contribution in [0.1, 0.15) is 19.4 Å². The lowest BCUT2D eigenvalue weighted by Gasteiger charge is -2.25. The zero-order chi connectivity index (χ0) is 13.0. The zero-order valence-corrected chi connectivity index (χ0v) is 10.9. The molecule has 0 aliphatic carbocycles. The first-order chi connectivity index (χ1) is 7.95. The average Bonchev–Trinajstić information content (AvgIpc) is 2.24. The molecule has 17 heavy (non-hydrogen) atoms. The minimum absolute atomic E-state index is 0.0406. The van der Waals surface area contributed by atoms with Crippen molar-refractivity contribution in [3.63, 3.8) is 0 Å². The summed E-state index contributed by atoms with van der Waals surface area (Å²) in [6.07, 6.45) is -0.0819. The molecule has 0 bridgehead atoms. The molecule has 0 heterocycles. The fourth-order valence-corrected chi connectivity index (χ4v) is 2.14. The first-order valence-electron chi connectivity index (χ1n) is 5.77. The Morgan fingerprint density at radius 1 is 1.41 bits per heavy atom. The van der Waals surface area contributed by atoms with Gasteiger partial charge in [0, 0.05) is 0 Å². The lowest BCUT2D eigenvalue weighted by molar-refractivity contribution is 0.0863. The van der Waals surface area contributed by atoms with E-state index in [0.717, 1.165) is 5.56 Å². The van der Waals surface area contributed by atoms with E-state index in [2.05, 4.69) is 0 Å². The van der Waals surface area contributed by atoms with Crippen molar-refractivity contribution in [2.24, 2.45) is 17.6 Å². The van der Waals surface area contributed by atoms with Gasteiger partial charge >= 0.3 is 0 Å². The van der Waals surface area contributed by atoms with Crippen LogP contribution in [0.15, 0.2) is 18.2 Å². The summed E-state index contributed by atoms with van der Waals surface area (Å²) >= 11 is 5.69. The first-order valence-corrected chi connectivity index (χ1v) is 6.15. The van der Waals surface area contributed by atoms with Gasteiger partial charge in [0.1, 0.15) is 5.82 Å². The summed E-state index contributed by atoms with van der Waals surface area (Å²) < 4.78 is 13.0. The van der Waals surface area contributed by atoms with Gasteiger partial charge in [-0.05, 0) is 42.5 Å². The van der Waals surface area contributed by atoms with Crippen LogP contribution < -0.4 is 5.73 Å². The molecule has 2 unspecified atom stereocenters. The van der Waals surface area contributed by atoms with Gasteiger partial charge in [0.15, 0.2) is 0 Å². The van der Waals surface area contributed by atoms with Crippen LogP contribution >= 0.6 is 11.6 Å². The predicted octanol–water partition coefficient (Wildman–Crippen LogP) is 2.61. The summed E-state index contributed by atoms with van der Waals surface area (Å²) in [4.78, 5) is 0. The van der Waals surface area contributed by atoms with E-state index < -0.39 is 11.9 Å². The minimum atomic E-state index is -0.526. The highest BCUT2D eigenvalue weighted by Crippen LogP contribution is 2.21. The third-order valence-electron chi connectivity index (χ3n) is 3.05. The number of aliphatic hydroxyl groups is 1. The van der Waals surface area contributed by atoms with Crippen molar-refractivity contribution in [2.75, 3.05) is 6.54 Å². The van der Waals surface area contributed by atoms with E-state index in [0.29, 0.717) is 18.9 Å². The number of nitrogens with two attached hydrogens (primary N) is 1. The molecule has 0 saturated heterocycles. The number of benzene rings is 1. The van der Waals surface area contributed by atoms with Crippen LogP contribution in [0.3, 0.4) is 0 Å². The van der Waals surface area contributed by atoms with Crippen molar-refractivity contribution in [3.05, 3.63) is 34.6 Å². The maximum Gasteiger partial charge on any atom is 0.141 e. The number of hydrogen-bond acceptors (Lipinski definition) is 2. The van der Waals surface area contributed by atoms with Gasteiger partial charge in [0.2, 0.25) is 0 Å². The second kappa shape index (κ2) is 6.34. The van der Waals surface area contributed by atoms with Gasteiger partial charge in [-0.25, -0.2) is 4.39 Å². The summed E-state index contributed by atoms with van der Waals surface area (Å²) in [5, 5.41) is 10.2. The number of halogens is 2. The summed E-state index contributed by atoms with van der Waals surface area (Å²) in [5.41, 5.74) is 6.46.